The molecule has 142 valence electrons. The van der Waals surface area contributed by atoms with E-state index in [0.717, 1.165) is 34.2 Å². The number of fused-ring (bicyclic) bond motifs is 3. The summed E-state index contributed by atoms with van der Waals surface area (Å²) in [5.41, 5.74) is 1.48. The molecule has 2 aliphatic rings. The van der Waals surface area contributed by atoms with Crippen LogP contribution in [0.5, 0.6) is 0 Å². The van der Waals surface area contributed by atoms with Crippen LogP contribution in [0.4, 0.5) is 4.79 Å². The minimum absolute atomic E-state index is 0.0387. The predicted octanol–water partition coefficient (Wildman–Crippen LogP) is 3.45. The summed E-state index contributed by atoms with van der Waals surface area (Å²) in [4.78, 5) is 40.5. The third-order valence-electron chi connectivity index (χ3n) is 5.65. The van der Waals surface area contributed by atoms with Gasteiger partial charge in [-0.3, -0.25) is 9.69 Å². The first-order valence-electron chi connectivity index (χ1n) is 9.22. The Morgan fingerprint density at radius 3 is 2.93 bits per heavy atom. The highest BCUT2D eigenvalue weighted by Gasteiger charge is 2.54. The molecule has 1 atom stereocenters. The molecule has 0 saturated carbocycles. The molecule has 7 heteroatoms. The Morgan fingerprint density at radius 2 is 2.07 bits per heavy atom. The third-order valence-corrected chi connectivity index (χ3v) is 6.63. The molecule has 2 aromatic heterocycles. The van der Waals surface area contributed by atoms with Crippen molar-refractivity contribution in [1.29, 1.82) is 0 Å². The van der Waals surface area contributed by atoms with Gasteiger partial charge in [0.25, 0.3) is 5.91 Å². The van der Waals surface area contributed by atoms with Gasteiger partial charge in [0.15, 0.2) is 0 Å². The Hall–Kier alpha value is -2.93. The van der Waals surface area contributed by atoms with Crippen molar-refractivity contribution in [3.63, 3.8) is 0 Å². The smallest absolute Gasteiger partial charge is 0.336 e. The summed E-state index contributed by atoms with van der Waals surface area (Å²) in [5.74, 6) is -0.245. The number of nitrogens with zero attached hydrogens (tertiary/aromatic N) is 1. The second kappa shape index (κ2) is 6.04. The van der Waals surface area contributed by atoms with E-state index in [1.165, 1.54) is 11.0 Å². The minimum Gasteiger partial charge on any atom is -0.423 e. The first-order valence-corrected chi connectivity index (χ1v) is 10.1. The molecule has 3 aromatic rings. The maximum absolute atomic E-state index is 13.4. The van der Waals surface area contributed by atoms with Crippen LogP contribution >= 0.6 is 11.3 Å². The van der Waals surface area contributed by atoms with Gasteiger partial charge in [0.2, 0.25) is 0 Å². The highest BCUT2D eigenvalue weighted by Crippen LogP contribution is 2.42. The normalized spacial score (nSPS) is 21.4. The summed E-state index contributed by atoms with van der Waals surface area (Å²) >= 11 is 1.62. The zero-order chi connectivity index (χ0) is 19.5. The average molecular weight is 394 g/mol. The molecule has 1 aliphatic carbocycles. The van der Waals surface area contributed by atoms with Gasteiger partial charge in [-0.2, -0.15) is 0 Å². The molecule has 5 rings (SSSR count). The summed E-state index contributed by atoms with van der Waals surface area (Å²) in [6.45, 7) is 1.95. The minimum atomic E-state index is -0.976. The van der Waals surface area contributed by atoms with Gasteiger partial charge in [-0.15, -0.1) is 11.3 Å². The predicted molar refractivity (Wildman–Crippen MR) is 105 cm³/mol. The van der Waals surface area contributed by atoms with Gasteiger partial charge in [0, 0.05) is 21.9 Å². The summed E-state index contributed by atoms with van der Waals surface area (Å²) in [6.07, 6.45) is 2.38. The Morgan fingerprint density at radius 1 is 1.21 bits per heavy atom. The van der Waals surface area contributed by atoms with Crippen LogP contribution in [0, 0.1) is 6.92 Å². The van der Waals surface area contributed by atoms with E-state index in [1.54, 1.807) is 17.4 Å². The van der Waals surface area contributed by atoms with E-state index in [9.17, 15) is 14.4 Å². The number of carbonyl (C=O) groups is 2. The van der Waals surface area contributed by atoms with E-state index in [4.69, 9.17) is 4.42 Å². The highest BCUT2D eigenvalue weighted by atomic mass is 32.1. The number of hydrogen-bond donors (Lipinski definition) is 1. The van der Waals surface area contributed by atoms with E-state index in [-0.39, 0.29) is 12.5 Å². The molecule has 6 nitrogen and oxygen atoms in total. The topological polar surface area (TPSA) is 79.6 Å². The molecule has 1 aromatic carbocycles. The van der Waals surface area contributed by atoms with Crippen LogP contribution in [0.25, 0.3) is 11.0 Å². The standard InChI is InChI=1S/C21H18N2O4S/c1-12-4-5-14-13(10-18(24)27-16(14)9-12)11-23-19(25)21(22-20(23)26)7-2-3-17-15(21)6-8-28-17/h4-6,8-10H,2-3,7,11H2,1H3,(H,22,26)/t21-/m1/s1. The van der Waals surface area contributed by atoms with Crippen molar-refractivity contribution < 1.29 is 14.0 Å². The van der Waals surface area contributed by atoms with Crippen molar-refractivity contribution in [3.05, 3.63) is 67.7 Å². The summed E-state index contributed by atoms with van der Waals surface area (Å²) in [5, 5.41) is 5.64. The van der Waals surface area contributed by atoms with Crippen LogP contribution in [-0.4, -0.2) is 16.8 Å². The Balaban J connectivity index is 1.56. The number of carbonyl (C=O) groups excluding carboxylic acids is 2. The lowest BCUT2D eigenvalue weighted by Gasteiger charge is -2.31. The zero-order valence-corrected chi connectivity index (χ0v) is 16.1. The molecule has 1 aliphatic heterocycles. The van der Waals surface area contributed by atoms with Gasteiger partial charge < -0.3 is 9.73 Å². The van der Waals surface area contributed by atoms with Gasteiger partial charge in [-0.1, -0.05) is 12.1 Å². The Bertz CT molecular complexity index is 1190. The van der Waals surface area contributed by atoms with E-state index < -0.39 is 17.2 Å². The Kier molecular flexibility index (Phi) is 3.71. The lowest BCUT2D eigenvalue weighted by Crippen LogP contribution is -2.46. The molecule has 1 spiro atoms. The van der Waals surface area contributed by atoms with Gasteiger partial charge in [-0.05, 0) is 54.8 Å². The van der Waals surface area contributed by atoms with Crippen LogP contribution in [-0.2, 0) is 23.3 Å². The summed E-state index contributed by atoms with van der Waals surface area (Å²) in [7, 11) is 0. The monoisotopic (exact) mass is 394 g/mol. The van der Waals surface area contributed by atoms with Crippen molar-refractivity contribution in [2.75, 3.05) is 0 Å². The largest absolute Gasteiger partial charge is 0.423 e. The lowest BCUT2D eigenvalue weighted by atomic mass is 9.80. The number of imide groups is 1. The third kappa shape index (κ3) is 2.43. The number of aryl methyl sites for hydroxylation is 2. The van der Waals surface area contributed by atoms with Crippen LogP contribution in [0.2, 0.25) is 0 Å². The second-order valence-electron chi connectivity index (χ2n) is 7.43. The fraction of sp³-hybridized carbons (Fsp3) is 0.286. The van der Waals surface area contributed by atoms with Crippen LogP contribution < -0.4 is 10.9 Å². The molecule has 0 radical (unpaired) electrons. The molecule has 0 unspecified atom stereocenters. The fourth-order valence-electron chi connectivity index (χ4n) is 4.32. The SMILES string of the molecule is Cc1ccc2c(CN3C(=O)N[C@@]4(CCCc5sccc54)C3=O)cc(=O)oc2c1. The van der Waals surface area contributed by atoms with E-state index >= 15 is 0 Å². The van der Waals surface area contributed by atoms with Crippen molar-refractivity contribution in [1.82, 2.24) is 10.2 Å². The van der Waals surface area contributed by atoms with Crippen LogP contribution in [0.15, 0.2) is 44.9 Å². The van der Waals surface area contributed by atoms with Crippen LogP contribution in [0.3, 0.4) is 0 Å². The molecular formula is C21H18N2O4S. The first-order chi connectivity index (χ1) is 13.5. The van der Waals surface area contributed by atoms with E-state index in [2.05, 4.69) is 5.32 Å². The van der Waals surface area contributed by atoms with Crippen molar-refractivity contribution in [2.24, 2.45) is 0 Å². The van der Waals surface area contributed by atoms with Crippen molar-refractivity contribution in [2.45, 2.75) is 38.3 Å². The number of rotatable bonds is 2. The van der Waals surface area contributed by atoms with Crippen molar-refractivity contribution in [3.8, 4) is 0 Å². The quantitative estimate of drug-likeness (QED) is 0.533. The maximum Gasteiger partial charge on any atom is 0.336 e. The van der Waals surface area contributed by atoms with Gasteiger partial charge in [0.05, 0.1) is 6.54 Å². The van der Waals surface area contributed by atoms with Gasteiger partial charge in [-0.25, -0.2) is 9.59 Å². The molecule has 1 fully saturated rings. The number of thiophene rings is 1. The van der Waals surface area contributed by atoms with Crippen LogP contribution in [0.1, 0.15) is 34.4 Å². The molecule has 3 heterocycles. The highest BCUT2D eigenvalue weighted by molar-refractivity contribution is 7.10. The number of amides is 3. The second-order valence-corrected chi connectivity index (χ2v) is 8.43. The van der Waals surface area contributed by atoms with E-state index in [0.29, 0.717) is 17.6 Å². The first kappa shape index (κ1) is 17.2. The zero-order valence-electron chi connectivity index (χ0n) is 15.3. The maximum atomic E-state index is 13.4. The number of urea groups is 1. The Labute approximate surface area is 164 Å². The fourth-order valence-corrected chi connectivity index (χ4v) is 5.32. The molecule has 1 N–H and O–H groups in total. The van der Waals surface area contributed by atoms with Crippen molar-refractivity contribution >= 4 is 34.2 Å². The lowest BCUT2D eigenvalue weighted by molar-refractivity contribution is -0.132. The van der Waals surface area contributed by atoms with Gasteiger partial charge >= 0.3 is 11.7 Å². The molecule has 28 heavy (non-hydrogen) atoms. The summed E-state index contributed by atoms with van der Waals surface area (Å²) < 4.78 is 5.29. The number of nitrogens with one attached hydrogen (secondary N) is 1. The molecule has 0 bridgehead atoms. The van der Waals surface area contributed by atoms with E-state index in [1.807, 2.05) is 30.5 Å². The molecule has 1 saturated heterocycles. The number of benzene rings is 1. The molecular weight excluding hydrogens is 376 g/mol. The number of hydrogen-bond acceptors (Lipinski definition) is 5. The average Bonchev–Trinajstić information content (AvgIpc) is 3.22. The van der Waals surface area contributed by atoms with Gasteiger partial charge in [0.1, 0.15) is 11.1 Å². The summed E-state index contributed by atoms with van der Waals surface area (Å²) in [6, 6.07) is 8.44. The molecule has 3 amide bonds.